The normalized spacial score (nSPS) is 14.9. The molecule has 1 saturated heterocycles. The maximum atomic E-state index is 12.7. The van der Waals surface area contributed by atoms with E-state index in [1.54, 1.807) is 0 Å². The molecule has 0 bridgehead atoms. The molecule has 3 aromatic rings. The van der Waals surface area contributed by atoms with Crippen molar-refractivity contribution in [3.63, 3.8) is 0 Å². The molecule has 1 heterocycles. The second-order valence-corrected chi connectivity index (χ2v) is 8.26. The number of amides is 1. The molecule has 0 radical (unpaired) electrons. The van der Waals surface area contributed by atoms with Crippen LogP contribution in [-0.4, -0.2) is 23.9 Å². The number of hydrogen-bond donors (Lipinski definition) is 1. The first-order valence-corrected chi connectivity index (χ1v) is 11.0. The van der Waals surface area contributed by atoms with Crippen LogP contribution in [0, 0.1) is 12.8 Å². The van der Waals surface area contributed by atoms with Gasteiger partial charge in [-0.25, -0.2) is 0 Å². The minimum absolute atomic E-state index is 0.0714. The first-order chi connectivity index (χ1) is 15.2. The Bertz CT molecular complexity index is 978. The van der Waals surface area contributed by atoms with Crippen molar-refractivity contribution in [1.29, 1.82) is 0 Å². The van der Waals surface area contributed by atoms with E-state index in [1.165, 1.54) is 11.1 Å². The number of nitrogens with one attached hydrogen (secondary N) is 1. The molecule has 31 heavy (non-hydrogen) atoms. The van der Waals surface area contributed by atoms with Crippen molar-refractivity contribution >= 4 is 11.6 Å². The minimum Gasteiger partial charge on any atom is -0.489 e. The van der Waals surface area contributed by atoms with Crippen molar-refractivity contribution < 1.29 is 9.53 Å². The number of likely N-dealkylation sites (tertiary alicyclic amines) is 1. The highest BCUT2D eigenvalue weighted by molar-refractivity contribution is 5.92. The van der Waals surface area contributed by atoms with Crippen molar-refractivity contribution in [1.82, 2.24) is 4.90 Å². The van der Waals surface area contributed by atoms with E-state index < -0.39 is 0 Å². The summed E-state index contributed by atoms with van der Waals surface area (Å²) in [5.41, 5.74) is 4.66. The van der Waals surface area contributed by atoms with Gasteiger partial charge in [-0.3, -0.25) is 9.69 Å². The highest BCUT2D eigenvalue weighted by Gasteiger charge is 2.25. The van der Waals surface area contributed by atoms with Crippen LogP contribution >= 0.6 is 0 Å². The van der Waals surface area contributed by atoms with Gasteiger partial charge in [-0.1, -0.05) is 54.6 Å². The first-order valence-electron chi connectivity index (χ1n) is 11.0. The Morgan fingerprint density at radius 3 is 2.32 bits per heavy atom. The van der Waals surface area contributed by atoms with Gasteiger partial charge < -0.3 is 10.1 Å². The van der Waals surface area contributed by atoms with Crippen molar-refractivity contribution in [2.75, 3.05) is 18.4 Å². The Balaban J connectivity index is 1.23. The van der Waals surface area contributed by atoms with Crippen molar-refractivity contribution in [2.24, 2.45) is 5.92 Å². The quantitative estimate of drug-likeness (QED) is 0.561. The third-order valence-electron chi connectivity index (χ3n) is 5.98. The number of rotatable bonds is 7. The van der Waals surface area contributed by atoms with Crippen LogP contribution in [0.1, 0.15) is 29.5 Å². The SMILES string of the molecule is Cc1ccccc1CN1CCC(C(=O)Nc2ccc(OCc3ccccc3)cc2)CC1. The third-order valence-corrected chi connectivity index (χ3v) is 5.98. The molecule has 160 valence electrons. The highest BCUT2D eigenvalue weighted by atomic mass is 16.5. The number of piperidine rings is 1. The third kappa shape index (κ3) is 5.96. The molecule has 1 N–H and O–H groups in total. The Morgan fingerprint density at radius 1 is 0.935 bits per heavy atom. The predicted octanol–water partition coefficient (Wildman–Crippen LogP) is 5.42. The molecule has 1 amide bonds. The lowest BCUT2D eigenvalue weighted by atomic mass is 9.95. The monoisotopic (exact) mass is 414 g/mol. The van der Waals surface area contributed by atoms with Crippen molar-refractivity contribution in [3.8, 4) is 5.75 Å². The molecule has 4 nitrogen and oxygen atoms in total. The molecule has 4 heteroatoms. The Morgan fingerprint density at radius 2 is 1.61 bits per heavy atom. The number of carbonyl (C=O) groups is 1. The van der Waals surface area contributed by atoms with Gasteiger partial charge in [-0.05, 0) is 73.8 Å². The Hall–Kier alpha value is -3.11. The van der Waals surface area contributed by atoms with E-state index in [9.17, 15) is 4.79 Å². The van der Waals surface area contributed by atoms with Gasteiger partial charge in [-0.15, -0.1) is 0 Å². The van der Waals surface area contributed by atoms with Gasteiger partial charge in [0.05, 0.1) is 0 Å². The molecule has 1 aliphatic rings. The van der Waals surface area contributed by atoms with E-state index in [-0.39, 0.29) is 11.8 Å². The van der Waals surface area contributed by atoms with Crippen LogP contribution in [0.5, 0.6) is 5.75 Å². The average Bonchev–Trinajstić information content (AvgIpc) is 2.81. The van der Waals surface area contributed by atoms with Crippen LogP contribution in [0.15, 0.2) is 78.9 Å². The molecule has 3 aromatic carbocycles. The van der Waals surface area contributed by atoms with Crippen LogP contribution in [0.4, 0.5) is 5.69 Å². The number of nitrogens with zero attached hydrogens (tertiary/aromatic N) is 1. The number of carbonyl (C=O) groups excluding carboxylic acids is 1. The van der Waals surface area contributed by atoms with Crippen LogP contribution in [0.2, 0.25) is 0 Å². The lowest BCUT2D eigenvalue weighted by molar-refractivity contribution is -0.121. The minimum atomic E-state index is 0.0714. The summed E-state index contributed by atoms with van der Waals surface area (Å²) in [5.74, 6) is 0.988. The summed E-state index contributed by atoms with van der Waals surface area (Å²) in [5, 5.41) is 3.07. The van der Waals surface area contributed by atoms with E-state index >= 15 is 0 Å². The molecule has 0 unspecified atom stereocenters. The zero-order chi connectivity index (χ0) is 21.5. The molecule has 0 spiro atoms. The van der Waals surface area contributed by atoms with Crippen LogP contribution in [0.3, 0.4) is 0 Å². The van der Waals surface area contributed by atoms with Crippen LogP contribution in [0.25, 0.3) is 0 Å². The van der Waals surface area contributed by atoms with Gasteiger partial charge in [0.2, 0.25) is 5.91 Å². The second-order valence-electron chi connectivity index (χ2n) is 8.26. The summed E-state index contributed by atoms with van der Waals surface area (Å²) in [6.07, 6.45) is 1.80. The van der Waals surface area contributed by atoms with Gasteiger partial charge in [0.1, 0.15) is 12.4 Å². The first kappa shape index (κ1) is 21.1. The largest absolute Gasteiger partial charge is 0.489 e. The zero-order valence-corrected chi connectivity index (χ0v) is 18.1. The topological polar surface area (TPSA) is 41.6 Å². The van der Waals surface area contributed by atoms with Gasteiger partial charge in [0, 0.05) is 18.2 Å². The Labute approximate surface area is 184 Å². The van der Waals surface area contributed by atoms with Crippen molar-refractivity contribution in [3.05, 3.63) is 95.6 Å². The van der Waals surface area contributed by atoms with E-state index in [4.69, 9.17) is 4.74 Å². The molecule has 1 aliphatic heterocycles. The molecular formula is C27H30N2O2. The zero-order valence-electron chi connectivity index (χ0n) is 18.1. The fourth-order valence-electron chi connectivity index (χ4n) is 4.00. The summed E-state index contributed by atoms with van der Waals surface area (Å²) in [6.45, 7) is 5.57. The van der Waals surface area contributed by atoms with Gasteiger partial charge in [0.15, 0.2) is 0 Å². The summed E-state index contributed by atoms with van der Waals surface area (Å²) < 4.78 is 5.82. The lowest BCUT2D eigenvalue weighted by Crippen LogP contribution is -2.37. The van der Waals surface area contributed by atoms with E-state index in [0.717, 1.165) is 49.5 Å². The van der Waals surface area contributed by atoms with Crippen LogP contribution < -0.4 is 10.1 Å². The molecule has 0 atom stereocenters. The smallest absolute Gasteiger partial charge is 0.227 e. The van der Waals surface area contributed by atoms with Crippen LogP contribution in [-0.2, 0) is 17.9 Å². The maximum Gasteiger partial charge on any atom is 0.227 e. The summed E-state index contributed by atoms with van der Waals surface area (Å²) >= 11 is 0. The second kappa shape index (κ2) is 10.3. The Kier molecular flexibility index (Phi) is 7.00. The number of benzene rings is 3. The fourth-order valence-corrected chi connectivity index (χ4v) is 4.00. The van der Waals surface area contributed by atoms with E-state index in [2.05, 4.69) is 41.4 Å². The van der Waals surface area contributed by atoms with E-state index in [0.29, 0.717) is 6.61 Å². The van der Waals surface area contributed by atoms with Gasteiger partial charge >= 0.3 is 0 Å². The fraction of sp³-hybridized carbons (Fsp3) is 0.296. The molecule has 1 fully saturated rings. The van der Waals surface area contributed by atoms with Gasteiger partial charge in [0.25, 0.3) is 0 Å². The predicted molar refractivity (Wildman–Crippen MR) is 125 cm³/mol. The molecule has 4 rings (SSSR count). The molecule has 0 saturated carbocycles. The lowest BCUT2D eigenvalue weighted by Gasteiger charge is -2.31. The maximum absolute atomic E-state index is 12.7. The molecule has 0 aromatic heterocycles. The average molecular weight is 415 g/mol. The number of aryl methyl sites for hydroxylation is 1. The molecular weight excluding hydrogens is 384 g/mol. The highest BCUT2D eigenvalue weighted by Crippen LogP contribution is 2.23. The number of hydrogen-bond acceptors (Lipinski definition) is 3. The number of ether oxygens (including phenoxy) is 1. The summed E-state index contributed by atoms with van der Waals surface area (Å²) in [7, 11) is 0. The van der Waals surface area contributed by atoms with E-state index in [1.807, 2.05) is 54.6 Å². The standard InChI is InChI=1S/C27H30N2O2/c1-21-7-5-6-10-24(21)19-29-17-15-23(16-18-29)27(30)28-25-11-13-26(14-12-25)31-20-22-8-3-2-4-9-22/h2-14,23H,15-20H2,1H3,(H,28,30). The summed E-state index contributed by atoms with van der Waals surface area (Å²) in [6, 6.07) is 26.3. The molecule has 0 aliphatic carbocycles. The summed E-state index contributed by atoms with van der Waals surface area (Å²) in [4.78, 5) is 15.2. The van der Waals surface area contributed by atoms with Gasteiger partial charge in [-0.2, -0.15) is 0 Å². The van der Waals surface area contributed by atoms with Crippen molar-refractivity contribution in [2.45, 2.75) is 32.9 Å². The number of anilines is 1.